The third kappa shape index (κ3) is 4.57. The van der Waals surface area contributed by atoms with Crippen molar-refractivity contribution in [3.8, 4) is 6.07 Å². The third-order valence-corrected chi connectivity index (χ3v) is 4.21. The fourth-order valence-electron chi connectivity index (χ4n) is 2.88. The number of amides is 1. The van der Waals surface area contributed by atoms with Crippen LogP contribution in [0.5, 0.6) is 0 Å². The van der Waals surface area contributed by atoms with Crippen LogP contribution < -0.4 is 5.32 Å². The highest BCUT2D eigenvalue weighted by atomic mass is 16.1. The first-order chi connectivity index (χ1) is 10.2. The first kappa shape index (κ1) is 15.5. The van der Waals surface area contributed by atoms with E-state index in [0.29, 0.717) is 23.7 Å². The Morgan fingerprint density at radius 3 is 2.76 bits per heavy atom. The van der Waals surface area contributed by atoms with Gasteiger partial charge in [-0.25, -0.2) is 0 Å². The Hall–Kier alpha value is -1.86. The molecule has 0 radical (unpaired) electrons. The fourth-order valence-corrected chi connectivity index (χ4v) is 2.88. The summed E-state index contributed by atoms with van der Waals surface area (Å²) in [4.78, 5) is 14.3. The molecule has 4 heteroatoms. The van der Waals surface area contributed by atoms with Crippen molar-refractivity contribution in [2.45, 2.75) is 44.6 Å². The molecule has 1 N–H and O–H groups in total. The minimum atomic E-state index is -0.0274. The molecule has 0 saturated heterocycles. The molecule has 1 aromatic carbocycles. The van der Waals surface area contributed by atoms with Crippen LogP contribution in [0.25, 0.3) is 0 Å². The maximum Gasteiger partial charge on any atom is 0.225 e. The number of hydrogen-bond acceptors (Lipinski definition) is 3. The highest BCUT2D eigenvalue weighted by Gasteiger charge is 2.18. The van der Waals surface area contributed by atoms with Crippen molar-refractivity contribution in [1.82, 2.24) is 4.90 Å². The number of benzene rings is 1. The predicted molar refractivity (Wildman–Crippen MR) is 83.9 cm³/mol. The van der Waals surface area contributed by atoms with Gasteiger partial charge in [-0.2, -0.15) is 5.26 Å². The highest BCUT2D eigenvalue weighted by Crippen LogP contribution is 2.21. The van der Waals surface area contributed by atoms with E-state index in [0.717, 1.165) is 6.54 Å². The van der Waals surface area contributed by atoms with Crippen LogP contribution in [-0.4, -0.2) is 30.4 Å². The minimum absolute atomic E-state index is 0.0274. The zero-order valence-corrected chi connectivity index (χ0v) is 12.6. The molecule has 0 unspecified atom stereocenters. The molecular formula is C17H23N3O. The van der Waals surface area contributed by atoms with E-state index >= 15 is 0 Å². The topological polar surface area (TPSA) is 56.1 Å². The summed E-state index contributed by atoms with van der Waals surface area (Å²) >= 11 is 0. The molecule has 0 heterocycles. The molecule has 112 valence electrons. The van der Waals surface area contributed by atoms with Crippen LogP contribution in [-0.2, 0) is 4.79 Å². The Balaban J connectivity index is 1.80. The molecule has 21 heavy (non-hydrogen) atoms. The Labute approximate surface area is 126 Å². The summed E-state index contributed by atoms with van der Waals surface area (Å²) < 4.78 is 0. The van der Waals surface area contributed by atoms with E-state index in [1.54, 1.807) is 18.2 Å². The molecule has 1 aliphatic carbocycles. The van der Waals surface area contributed by atoms with Gasteiger partial charge in [0.2, 0.25) is 5.91 Å². The van der Waals surface area contributed by atoms with Crippen LogP contribution in [0.3, 0.4) is 0 Å². The van der Waals surface area contributed by atoms with Crippen molar-refractivity contribution in [1.29, 1.82) is 5.26 Å². The standard InChI is InChI=1S/C17H23N3O/c1-20(15-8-3-2-4-9-15)12-11-17(21)19-16-10-6-5-7-14(16)13-18/h5-7,10,15H,2-4,8-9,11-12H2,1H3,(H,19,21). The van der Waals surface area contributed by atoms with E-state index < -0.39 is 0 Å². The Kier molecular flexibility index (Phi) is 5.77. The van der Waals surface area contributed by atoms with Crippen molar-refractivity contribution in [3.05, 3.63) is 29.8 Å². The van der Waals surface area contributed by atoms with Crippen molar-refractivity contribution in [2.24, 2.45) is 0 Å². The number of carbonyl (C=O) groups is 1. The lowest BCUT2D eigenvalue weighted by atomic mass is 9.94. The van der Waals surface area contributed by atoms with Gasteiger partial charge in [0.15, 0.2) is 0 Å². The minimum Gasteiger partial charge on any atom is -0.325 e. The van der Waals surface area contributed by atoms with Crippen molar-refractivity contribution in [2.75, 3.05) is 18.9 Å². The molecular weight excluding hydrogens is 262 g/mol. The number of rotatable bonds is 5. The average Bonchev–Trinajstić information content (AvgIpc) is 2.54. The van der Waals surface area contributed by atoms with Gasteiger partial charge in [0.1, 0.15) is 6.07 Å². The molecule has 1 aromatic rings. The maximum atomic E-state index is 12.0. The average molecular weight is 285 g/mol. The molecule has 0 aliphatic heterocycles. The second kappa shape index (κ2) is 7.80. The summed E-state index contributed by atoms with van der Waals surface area (Å²) in [6.07, 6.45) is 6.90. The van der Waals surface area contributed by atoms with Gasteiger partial charge in [-0.15, -0.1) is 0 Å². The Morgan fingerprint density at radius 1 is 1.33 bits per heavy atom. The van der Waals surface area contributed by atoms with E-state index in [4.69, 9.17) is 5.26 Å². The number of nitrogens with one attached hydrogen (secondary N) is 1. The van der Waals surface area contributed by atoms with Crippen LogP contribution in [0.15, 0.2) is 24.3 Å². The Morgan fingerprint density at radius 2 is 2.05 bits per heavy atom. The summed E-state index contributed by atoms with van der Waals surface area (Å²) in [5.41, 5.74) is 1.11. The zero-order valence-electron chi connectivity index (χ0n) is 12.6. The largest absolute Gasteiger partial charge is 0.325 e. The lowest BCUT2D eigenvalue weighted by molar-refractivity contribution is -0.116. The lowest BCUT2D eigenvalue weighted by Crippen LogP contribution is -2.35. The highest BCUT2D eigenvalue weighted by molar-refractivity contribution is 5.92. The maximum absolute atomic E-state index is 12.0. The molecule has 0 bridgehead atoms. The van der Waals surface area contributed by atoms with E-state index in [1.165, 1.54) is 32.1 Å². The summed E-state index contributed by atoms with van der Waals surface area (Å²) in [5, 5.41) is 11.8. The quantitative estimate of drug-likeness (QED) is 0.904. The van der Waals surface area contributed by atoms with Gasteiger partial charge in [0.25, 0.3) is 0 Å². The fraction of sp³-hybridized carbons (Fsp3) is 0.529. The molecule has 0 spiro atoms. The monoisotopic (exact) mass is 285 g/mol. The van der Waals surface area contributed by atoms with Gasteiger partial charge in [0.05, 0.1) is 11.3 Å². The van der Waals surface area contributed by atoms with Gasteiger partial charge in [-0.05, 0) is 32.0 Å². The van der Waals surface area contributed by atoms with Crippen LogP contribution in [0, 0.1) is 11.3 Å². The van der Waals surface area contributed by atoms with Gasteiger partial charge in [0, 0.05) is 19.0 Å². The first-order valence-electron chi connectivity index (χ1n) is 7.70. The smallest absolute Gasteiger partial charge is 0.225 e. The van der Waals surface area contributed by atoms with Crippen molar-refractivity contribution >= 4 is 11.6 Å². The van der Waals surface area contributed by atoms with Gasteiger partial charge < -0.3 is 10.2 Å². The summed E-state index contributed by atoms with van der Waals surface area (Å²) in [7, 11) is 2.10. The van der Waals surface area contributed by atoms with Crippen LogP contribution in [0.2, 0.25) is 0 Å². The van der Waals surface area contributed by atoms with Crippen LogP contribution in [0.1, 0.15) is 44.1 Å². The third-order valence-electron chi connectivity index (χ3n) is 4.21. The molecule has 0 aromatic heterocycles. The lowest BCUT2D eigenvalue weighted by Gasteiger charge is -2.30. The number of anilines is 1. The van der Waals surface area contributed by atoms with Crippen LogP contribution in [0.4, 0.5) is 5.69 Å². The number of carbonyl (C=O) groups excluding carboxylic acids is 1. The number of hydrogen-bond donors (Lipinski definition) is 1. The van der Waals surface area contributed by atoms with E-state index in [2.05, 4.69) is 23.3 Å². The van der Waals surface area contributed by atoms with Crippen LogP contribution >= 0.6 is 0 Å². The zero-order chi connectivity index (χ0) is 15.1. The van der Waals surface area contributed by atoms with Crippen molar-refractivity contribution < 1.29 is 4.79 Å². The van der Waals surface area contributed by atoms with E-state index in [9.17, 15) is 4.79 Å². The van der Waals surface area contributed by atoms with Crippen molar-refractivity contribution in [3.63, 3.8) is 0 Å². The second-order valence-corrected chi connectivity index (χ2v) is 5.73. The normalized spacial score (nSPS) is 15.7. The second-order valence-electron chi connectivity index (χ2n) is 5.73. The summed E-state index contributed by atoms with van der Waals surface area (Å²) in [5.74, 6) is -0.0274. The van der Waals surface area contributed by atoms with E-state index in [1.807, 2.05) is 6.07 Å². The first-order valence-corrected chi connectivity index (χ1v) is 7.70. The van der Waals surface area contributed by atoms with E-state index in [-0.39, 0.29) is 5.91 Å². The molecule has 1 saturated carbocycles. The molecule has 1 amide bonds. The number of nitrogens with zero attached hydrogens (tertiary/aromatic N) is 2. The summed E-state index contributed by atoms with van der Waals surface area (Å²) in [6.45, 7) is 0.769. The van der Waals surface area contributed by atoms with Gasteiger partial charge in [-0.1, -0.05) is 31.4 Å². The number of nitriles is 1. The molecule has 0 atom stereocenters. The predicted octanol–water partition coefficient (Wildman–Crippen LogP) is 3.15. The molecule has 2 rings (SSSR count). The molecule has 4 nitrogen and oxygen atoms in total. The summed E-state index contributed by atoms with van der Waals surface area (Å²) in [6, 6.07) is 9.81. The number of para-hydroxylation sites is 1. The molecule has 1 fully saturated rings. The van der Waals surface area contributed by atoms with Gasteiger partial charge in [-0.3, -0.25) is 4.79 Å². The SMILES string of the molecule is CN(CCC(=O)Nc1ccccc1C#N)C1CCCCC1. The molecule has 1 aliphatic rings. The Bertz CT molecular complexity index is 515. The van der Waals surface area contributed by atoms with Gasteiger partial charge >= 0.3 is 0 Å².